The Morgan fingerprint density at radius 3 is 2.31 bits per heavy atom. The van der Waals surface area contributed by atoms with Crippen molar-refractivity contribution in [3.8, 4) is 5.75 Å². The van der Waals surface area contributed by atoms with Crippen molar-refractivity contribution >= 4 is 17.8 Å². The van der Waals surface area contributed by atoms with Gasteiger partial charge in [0.25, 0.3) is 5.91 Å². The van der Waals surface area contributed by atoms with Gasteiger partial charge in [0.15, 0.2) is 0 Å². The molecule has 0 spiro atoms. The minimum absolute atomic E-state index is 0.101. The Bertz CT molecular complexity index is 665. The third kappa shape index (κ3) is 10.5. The van der Waals surface area contributed by atoms with Gasteiger partial charge in [-0.1, -0.05) is 13.3 Å². The molecule has 0 aliphatic carbocycles. The van der Waals surface area contributed by atoms with Crippen molar-refractivity contribution in [1.82, 2.24) is 10.2 Å². The summed E-state index contributed by atoms with van der Waals surface area (Å²) in [6.07, 6.45) is 2.79. The molecule has 7 nitrogen and oxygen atoms in total. The summed E-state index contributed by atoms with van der Waals surface area (Å²) in [5.41, 5.74) is -0.0450. The number of ether oxygens (including phenoxy) is 2. The predicted molar refractivity (Wildman–Crippen MR) is 112 cm³/mol. The standard InChI is InChI=1S/C22H34N2O5/c1-6-7-15-28-18-12-10-17(11-13-18)21(27)23-16-19(25)24(5)14-8-9-20(26)29-22(2,3)4/h10-13H,6-9,14-16H2,1-5H3,(H,23,27). The van der Waals surface area contributed by atoms with Crippen LogP contribution in [-0.2, 0) is 14.3 Å². The largest absolute Gasteiger partial charge is 0.494 e. The molecule has 0 heterocycles. The molecule has 0 saturated carbocycles. The highest BCUT2D eigenvalue weighted by atomic mass is 16.6. The van der Waals surface area contributed by atoms with Gasteiger partial charge in [0.05, 0.1) is 13.2 Å². The zero-order chi connectivity index (χ0) is 21.9. The van der Waals surface area contributed by atoms with Crippen LogP contribution in [0.5, 0.6) is 5.75 Å². The Balaban J connectivity index is 2.33. The summed E-state index contributed by atoms with van der Waals surface area (Å²) in [6, 6.07) is 6.83. The lowest BCUT2D eigenvalue weighted by Crippen LogP contribution is -2.38. The zero-order valence-corrected chi connectivity index (χ0v) is 18.2. The number of nitrogens with one attached hydrogen (secondary N) is 1. The van der Waals surface area contributed by atoms with Gasteiger partial charge < -0.3 is 19.7 Å². The third-order valence-corrected chi connectivity index (χ3v) is 4.00. The number of nitrogens with zero attached hydrogens (tertiary/aromatic N) is 1. The fourth-order valence-corrected chi connectivity index (χ4v) is 2.41. The molecule has 1 aromatic carbocycles. The van der Waals surface area contributed by atoms with Gasteiger partial charge in [0, 0.05) is 25.6 Å². The molecule has 0 aromatic heterocycles. The molecular weight excluding hydrogens is 372 g/mol. The van der Waals surface area contributed by atoms with Crippen molar-refractivity contribution < 1.29 is 23.9 Å². The number of benzene rings is 1. The highest BCUT2D eigenvalue weighted by molar-refractivity contribution is 5.96. The average molecular weight is 407 g/mol. The summed E-state index contributed by atoms with van der Waals surface area (Å²) in [5, 5.41) is 2.62. The van der Waals surface area contributed by atoms with Gasteiger partial charge in [-0.25, -0.2) is 0 Å². The van der Waals surface area contributed by atoms with Crippen molar-refractivity contribution in [3.63, 3.8) is 0 Å². The summed E-state index contributed by atoms with van der Waals surface area (Å²) < 4.78 is 10.8. The second-order valence-electron chi connectivity index (χ2n) is 7.91. The summed E-state index contributed by atoms with van der Waals surface area (Å²) in [5.74, 6) is -0.104. The van der Waals surface area contributed by atoms with Crippen molar-refractivity contribution in [1.29, 1.82) is 0 Å². The van der Waals surface area contributed by atoms with E-state index in [9.17, 15) is 14.4 Å². The molecule has 0 aliphatic heterocycles. The van der Waals surface area contributed by atoms with Gasteiger partial charge in [-0.2, -0.15) is 0 Å². The topological polar surface area (TPSA) is 84.9 Å². The van der Waals surface area contributed by atoms with Crippen LogP contribution >= 0.6 is 0 Å². The fraction of sp³-hybridized carbons (Fsp3) is 0.591. The summed E-state index contributed by atoms with van der Waals surface area (Å²) >= 11 is 0. The van der Waals surface area contributed by atoms with Crippen molar-refractivity contribution in [3.05, 3.63) is 29.8 Å². The van der Waals surface area contributed by atoms with Crippen LogP contribution in [0.1, 0.15) is 63.7 Å². The Morgan fingerprint density at radius 1 is 1.07 bits per heavy atom. The Hall–Kier alpha value is -2.57. The monoisotopic (exact) mass is 406 g/mol. The lowest BCUT2D eigenvalue weighted by molar-refractivity contribution is -0.155. The molecule has 0 radical (unpaired) electrons. The second-order valence-corrected chi connectivity index (χ2v) is 7.91. The van der Waals surface area contributed by atoms with Crippen molar-refractivity contribution in [2.24, 2.45) is 0 Å². The number of carbonyl (C=O) groups is 3. The molecule has 0 fully saturated rings. The molecule has 1 aromatic rings. The number of esters is 1. The highest BCUT2D eigenvalue weighted by Gasteiger charge is 2.17. The maximum absolute atomic E-state index is 12.2. The number of amides is 2. The third-order valence-electron chi connectivity index (χ3n) is 4.00. The Morgan fingerprint density at radius 2 is 1.72 bits per heavy atom. The zero-order valence-electron chi connectivity index (χ0n) is 18.2. The Labute approximate surface area is 173 Å². The molecule has 7 heteroatoms. The summed E-state index contributed by atoms with van der Waals surface area (Å²) in [7, 11) is 1.64. The number of rotatable bonds is 11. The van der Waals surface area contributed by atoms with Crippen LogP contribution in [0.3, 0.4) is 0 Å². The highest BCUT2D eigenvalue weighted by Crippen LogP contribution is 2.13. The van der Waals surface area contributed by atoms with Gasteiger partial charge in [-0.05, 0) is 57.9 Å². The van der Waals surface area contributed by atoms with Crippen LogP contribution in [0.2, 0.25) is 0 Å². The van der Waals surface area contributed by atoms with Crippen LogP contribution in [0, 0.1) is 0 Å². The first-order chi connectivity index (χ1) is 13.6. The SMILES string of the molecule is CCCCOc1ccc(C(=O)NCC(=O)N(C)CCCC(=O)OC(C)(C)C)cc1. The molecule has 0 aliphatic rings. The number of unbranched alkanes of at least 4 members (excludes halogenated alkanes) is 1. The number of carbonyl (C=O) groups excluding carboxylic acids is 3. The number of hydrogen-bond donors (Lipinski definition) is 1. The first kappa shape index (κ1) is 24.5. The fourth-order valence-electron chi connectivity index (χ4n) is 2.41. The van der Waals surface area contributed by atoms with E-state index in [1.807, 2.05) is 20.8 Å². The molecular formula is C22H34N2O5. The van der Waals surface area contributed by atoms with Crippen molar-refractivity contribution in [2.45, 2.75) is 59.0 Å². The molecule has 2 amide bonds. The average Bonchev–Trinajstić information content (AvgIpc) is 2.65. The Kier molecular flexibility index (Phi) is 10.2. The van der Waals surface area contributed by atoms with E-state index in [-0.39, 0.29) is 30.7 Å². The maximum Gasteiger partial charge on any atom is 0.306 e. The minimum Gasteiger partial charge on any atom is -0.494 e. The molecule has 0 atom stereocenters. The van der Waals surface area contributed by atoms with E-state index in [4.69, 9.17) is 9.47 Å². The van der Waals surface area contributed by atoms with Gasteiger partial charge >= 0.3 is 5.97 Å². The molecule has 29 heavy (non-hydrogen) atoms. The minimum atomic E-state index is -0.511. The van der Waals surface area contributed by atoms with Crippen LogP contribution in [0.4, 0.5) is 0 Å². The molecule has 1 N–H and O–H groups in total. The lowest BCUT2D eigenvalue weighted by atomic mass is 10.2. The van der Waals surface area contributed by atoms with Crippen LogP contribution in [-0.4, -0.2) is 55.0 Å². The number of hydrogen-bond acceptors (Lipinski definition) is 5. The quantitative estimate of drug-likeness (QED) is 0.451. The van der Waals surface area contributed by atoms with Gasteiger partial charge in [-0.15, -0.1) is 0 Å². The molecule has 1 rings (SSSR count). The van der Waals surface area contributed by atoms with E-state index >= 15 is 0 Å². The van der Waals surface area contributed by atoms with E-state index < -0.39 is 5.60 Å². The molecule has 0 unspecified atom stereocenters. The van der Waals surface area contributed by atoms with E-state index in [1.54, 1.807) is 31.3 Å². The molecule has 0 bridgehead atoms. The van der Waals surface area contributed by atoms with E-state index in [2.05, 4.69) is 12.2 Å². The number of likely N-dealkylation sites (N-methyl/N-ethyl adjacent to an activating group) is 1. The van der Waals surface area contributed by atoms with E-state index in [0.29, 0.717) is 25.1 Å². The normalized spacial score (nSPS) is 10.9. The van der Waals surface area contributed by atoms with E-state index in [0.717, 1.165) is 18.6 Å². The predicted octanol–water partition coefficient (Wildman–Crippen LogP) is 3.18. The molecule has 162 valence electrons. The smallest absolute Gasteiger partial charge is 0.306 e. The second kappa shape index (κ2) is 12.1. The van der Waals surface area contributed by atoms with Gasteiger partial charge in [-0.3, -0.25) is 14.4 Å². The summed E-state index contributed by atoms with van der Waals surface area (Å²) in [4.78, 5) is 37.5. The molecule has 0 saturated heterocycles. The van der Waals surface area contributed by atoms with Gasteiger partial charge in [0.1, 0.15) is 11.4 Å². The first-order valence-electron chi connectivity index (χ1n) is 10.1. The van der Waals surface area contributed by atoms with Crippen molar-refractivity contribution in [2.75, 3.05) is 26.7 Å². The summed E-state index contributed by atoms with van der Waals surface area (Å²) in [6.45, 7) is 8.50. The van der Waals surface area contributed by atoms with Gasteiger partial charge in [0.2, 0.25) is 5.91 Å². The first-order valence-corrected chi connectivity index (χ1v) is 10.1. The van der Waals surface area contributed by atoms with Crippen LogP contribution < -0.4 is 10.1 Å². The lowest BCUT2D eigenvalue weighted by Gasteiger charge is -2.20. The van der Waals surface area contributed by atoms with Crippen LogP contribution in [0.15, 0.2) is 24.3 Å². The van der Waals surface area contributed by atoms with Crippen LogP contribution in [0.25, 0.3) is 0 Å². The van der Waals surface area contributed by atoms with E-state index in [1.165, 1.54) is 4.90 Å². The maximum atomic E-state index is 12.2.